The van der Waals surface area contributed by atoms with Gasteiger partial charge in [-0.15, -0.1) is 0 Å². The molecule has 17 heavy (non-hydrogen) atoms. The lowest BCUT2D eigenvalue weighted by Crippen LogP contribution is -2.47. The van der Waals surface area contributed by atoms with Crippen LogP contribution in [-0.2, 0) is 4.79 Å². The Bertz CT molecular complexity index is 255. The van der Waals surface area contributed by atoms with Gasteiger partial charge in [0.25, 0.3) is 0 Å². The zero-order valence-electron chi connectivity index (χ0n) is 11.9. The number of nitrogens with one attached hydrogen (secondary N) is 1. The molecule has 1 aliphatic rings. The summed E-state index contributed by atoms with van der Waals surface area (Å²) in [5, 5.41) is 3.13. The Morgan fingerprint density at radius 1 is 1.41 bits per heavy atom. The van der Waals surface area contributed by atoms with Crippen LogP contribution in [0.15, 0.2) is 0 Å². The van der Waals surface area contributed by atoms with Gasteiger partial charge in [0.1, 0.15) is 0 Å². The van der Waals surface area contributed by atoms with Gasteiger partial charge in [-0.1, -0.05) is 6.92 Å². The smallest absolute Gasteiger partial charge is 0.240 e. The van der Waals surface area contributed by atoms with Crippen LogP contribution >= 0.6 is 0 Å². The topological polar surface area (TPSA) is 35.6 Å². The number of hydrogen-bond donors (Lipinski definition) is 1. The largest absolute Gasteiger partial charge is 0.339 e. The van der Waals surface area contributed by atoms with E-state index in [-0.39, 0.29) is 6.04 Å². The molecule has 1 aliphatic heterocycles. The molecule has 1 amide bonds. The van der Waals surface area contributed by atoms with Crippen molar-refractivity contribution in [2.45, 2.75) is 39.3 Å². The standard InChI is InChI=1S/C13H27N3O/c1-10(2)16-9-11(3)8-15(5)12(13(16)17)6-7-14-4/h10-12,14H,6-9H2,1-5H3. The van der Waals surface area contributed by atoms with E-state index < -0.39 is 0 Å². The summed E-state index contributed by atoms with van der Waals surface area (Å²) in [5.74, 6) is 0.841. The van der Waals surface area contributed by atoms with Crippen molar-refractivity contribution in [1.29, 1.82) is 0 Å². The first-order chi connectivity index (χ1) is 7.97. The zero-order chi connectivity index (χ0) is 13.0. The molecule has 0 aromatic heterocycles. The third-order valence-electron chi connectivity index (χ3n) is 3.50. The van der Waals surface area contributed by atoms with Crippen molar-refractivity contribution < 1.29 is 4.79 Å². The summed E-state index contributed by atoms with van der Waals surface area (Å²) in [6, 6.07) is 0.336. The fraction of sp³-hybridized carbons (Fsp3) is 0.923. The van der Waals surface area contributed by atoms with Crippen LogP contribution in [0.1, 0.15) is 27.2 Å². The van der Waals surface area contributed by atoms with Crippen molar-refractivity contribution in [2.24, 2.45) is 5.92 Å². The Labute approximate surface area is 105 Å². The molecule has 0 bridgehead atoms. The number of amides is 1. The first-order valence-corrected chi connectivity index (χ1v) is 6.62. The SMILES string of the molecule is CNCCC1C(=O)N(C(C)C)CC(C)CN1C. The second-order valence-electron chi connectivity index (χ2n) is 5.54. The first-order valence-electron chi connectivity index (χ1n) is 6.62. The molecule has 1 saturated heterocycles. The van der Waals surface area contributed by atoms with E-state index in [1.165, 1.54) is 0 Å². The van der Waals surface area contributed by atoms with Crippen molar-refractivity contribution in [3.8, 4) is 0 Å². The van der Waals surface area contributed by atoms with Crippen molar-refractivity contribution in [2.75, 3.05) is 33.7 Å². The van der Waals surface area contributed by atoms with E-state index >= 15 is 0 Å². The molecular weight excluding hydrogens is 214 g/mol. The van der Waals surface area contributed by atoms with E-state index in [4.69, 9.17) is 0 Å². The third-order valence-corrected chi connectivity index (χ3v) is 3.50. The fourth-order valence-electron chi connectivity index (χ4n) is 2.57. The lowest BCUT2D eigenvalue weighted by Gasteiger charge is -2.30. The fourth-order valence-corrected chi connectivity index (χ4v) is 2.57. The number of rotatable bonds is 4. The Hall–Kier alpha value is -0.610. The van der Waals surface area contributed by atoms with Gasteiger partial charge in [-0.3, -0.25) is 9.69 Å². The molecule has 0 aromatic rings. The van der Waals surface area contributed by atoms with Crippen LogP contribution in [0.3, 0.4) is 0 Å². The molecule has 1 fully saturated rings. The number of hydrogen-bond acceptors (Lipinski definition) is 3. The summed E-state index contributed by atoms with van der Waals surface area (Å²) in [5.41, 5.74) is 0. The first kappa shape index (κ1) is 14.5. The van der Waals surface area contributed by atoms with Crippen LogP contribution in [0.25, 0.3) is 0 Å². The van der Waals surface area contributed by atoms with Crippen molar-refractivity contribution in [3.05, 3.63) is 0 Å². The lowest BCUT2D eigenvalue weighted by atomic mass is 10.1. The number of likely N-dealkylation sites (N-methyl/N-ethyl adjacent to an activating group) is 1. The van der Waals surface area contributed by atoms with Gasteiger partial charge in [-0.05, 0) is 46.8 Å². The molecule has 1 N–H and O–H groups in total. The monoisotopic (exact) mass is 241 g/mol. The highest BCUT2D eigenvalue weighted by molar-refractivity contribution is 5.82. The van der Waals surface area contributed by atoms with Gasteiger partial charge in [0.05, 0.1) is 6.04 Å². The van der Waals surface area contributed by atoms with Gasteiger partial charge in [0.2, 0.25) is 5.91 Å². The molecule has 4 nitrogen and oxygen atoms in total. The minimum absolute atomic E-state index is 0.0369. The molecule has 0 saturated carbocycles. The van der Waals surface area contributed by atoms with Crippen LogP contribution in [0.5, 0.6) is 0 Å². The molecule has 1 heterocycles. The zero-order valence-corrected chi connectivity index (χ0v) is 11.9. The van der Waals surface area contributed by atoms with Crippen molar-refractivity contribution >= 4 is 5.91 Å². The molecule has 0 aliphatic carbocycles. The van der Waals surface area contributed by atoms with Gasteiger partial charge in [0, 0.05) is 19.1 Å². The second-order valence-corrected chi connectivity index (χ2v) is 5.54. The van der Waals surface area contributed by atoms with Crippen molar-refractivity contribution in [3.63, 3.8) is 0 Å². The molecule has 2 unspecified atom stereocenters. The molecule has 2 atom stereocenters. The maximum absolute atomic E-state index is 12.5. The summed E-state index contributed by atoms with van der Waals surface area (Å²) >= 11 is 0. The van der Waals surface area contributed by atoms with Crippen LogP contribution in [0.2, 0.25) is 0 Å². The number of nitrogens with zero attached hydrogens (tertiary/aromatic N) is 2. The Morgan fingerprint density at radius 3 is 2.59 bits per heavy atom. The Balaban J connectivity index is 2.81. The number of carbonyl (C=O) groups is 1. The molecule has 0 aromatic carbocycles. The predicted octanol–water partition coefficient (Wildman–Crippen LogP) is 0.783. The van der Waals surface area contributed by atoms with E-state index in [9.17, 15) is 4.79 Å². The average molecular weight is 241 g/mol. The highest BCUT2D eigenvalue weighted by Gasteiger charge is 2.33. The van der Waals surface area contributed by atoms with Crippen LogP contribution in [-0.4, -0.2) is 61.5 Å². The summed E-state index contributed by atoms with van der Waals surface area (Å²) in [4.78, 5) is 16.8. The molecule has 0 spiro atoms. The molecule has 0 radical (unpaired) electrons. The summed E-state index contributed by atoms with van der Waals surface area (Å²) < 4.78 is 0. The van der Waals surface area contributed by atoms with Gasteiger partial charge >= 0.3 is 0 Å². The molecule has 4 heteroatoms. The van der Waals surface area contributed by atoms with Gasteiger partial charge in [-0.2, -0.15) is 0 Å². The summed E-state index contributed by atoms with van der Waals surface area (Å²) in [6.07, 6.45) is 0.891. The normalized spacial score (nSPS) is 27.6. The molecule has 1 rings (SSSR count). The minimum Gasteiger partial charge on any atom is -0.339 e. The van der Waals surface area contributed by atoms with Crippen LogP contribution in [0, 0.1) is 5.92 Å². The second kappa shape index (κ2) is 6.36. The van der Waals surface area contributed by atoms with Gasteiger partial charge in [-0.25, -0.2) is 0 Å². The lowest BCUT2D eigenvalue weighted by molar-refractivity contribution is -0.136. The van der Waals surface area contributed by atoms with E-state index in [1.807, 2.05) is 11.9 Å². The quantitative estimate of drug-likeness (QED) is 0.790. The highest BCUT2D eigenvalue weighted by atomic mass is 16.2. The van der Waals surface area contributed by atoms with E-state index in [0.29, 0.717) is 17.9 Å². The predicted molar refractivity (Wildman–Crippen MR) is 71.0 cm³/mol. The molecular formula is C13H27N3O. The summed E-state index contributed by atoms with van der Waals surface area (Å²) in [6.45, 7) is 9.21. The number of carbonyl (C=O) groups excluding carboxylic acids is 1. The average Bonchev–Trinajstić information content (AvgIpc) is 2.34. The summed E-state index contributed by atoms with van der Waals surface area (Å²) in [7, 11) is 4.00. The minimum atomic E-state index is 0.0369. The maximum atomic E-state index is 12.5. The van der Waals surface area contributed by atoms with Crippen LogP contribution in [0.4, 0.5) is 0 Å². The van der Waals surface area contributed by atoms with Gasteiger partial charge < -0.3 is 10.2 Å². The third kappa shape index (κ3) is 3.68. The highest BCUT2D eigenvalue weighted by Crippen LogP contribution is 2.18. The van der Waals surface area contributed by atoms with Crippen molar-refractivity contribution in [1.82, 2.24) is 15.1 Å². The van der Waals surface area contributed by atoms with Gasteiger partial charge in [0.15, 0.2) is 0 Å². The van der Waals surface area contributed by atoms with E-state index in [1.54, 1.807) is 0 Å². The van der Waals surface area contributed by atoms with Crippen LogP contribution < -0.4 is 5.32 Å². The maximum Gasteiger partial charge on any atom is 0.240 e. The van der Waals surface area contributed by atoms with E-state index in [2.05, 4.69) is 38.0 Å². The Morgan fingerprint density at radius 2 is 2.06 bits per heavy atom. The van der Waals surface area contributed by atoms with E-state index in [0.717, 1.165) is 26.1 Å². The Kier molecular flexibility index (Phi) is 5.40. The molecule has 100 valence electrons.